The van der Waals surface area contributed by atoms with E-state index in [0.717, 1.165) is 25.7 Å². The summed E-state index contributed by atoms with van der Waals surface area (Å²) in [5.41, 5.74) is 16.1. The van der Waals surface area contributed by atoms with E-state index in [1.807, 2.05) is 0 Å². The van der Waals surface area contributed by atoms with Crippen LogP contribution in [0.4, 0.5) is 0 Å². The molecule has 6 heteroatoms. The number of thiophene rings is 1. The Bertz CT molecular complexity index is 393. The van der Waals surface area contributed by atoms with Gasteiger partial charge in [-0.1, -0.05) is 13.0 Å². The highest BCUT2D eigenvalue weighted by Gasteiger charge is 2.05. The summed E-state index contributed by atoms with van der Waals surface area (Å²) >= 11 is 1.79. The van der Waals surface area contributed by atoms with E-state index in [0.29, 0.717) is 0 Å². The minimum Gasteiger partial charge on any atom is -0.370 e. The maximum Gasteiger partial charge on any atom is 0.218 e. The SMILES string of the molecule is CCC(CCCc1cccs1)N=C(N)N=C(N)N. The summed E-state index contributed by atoms with van der Waals surface area (Å²) < 4.78 is 0. The van der Waals surface area contributed by atoms with Crippen molar-refractivity contribution in [3.05, 3.63) is 22.4 Å². The Labute approximate surface area is 112 Å². The van der Waals surface area contributed by atoms with Crippen LogP contribution < -0.4 is 17.2 Å². The van der Waals surface area contributed by atoms with Crippen LogP contribution in [0.2, 0.25) is 0 Å². The van der Waals surface area contributed by atoms with Crippen molar-refractivity contribution in [2.75, 3.05) is 0 Å². The van der Waals surface area contributed by atoms with Crippen molar-refractivity contribution in [2.24, 2.45) is 27.2 Å². The first kappa shape index (κ1) is 14.5. The fraction of sp³-hybridized carbons (Fsp3) is 0.500. The lowest BCUT2D eigenvalue weighted by Crippen LogP contribution is -2.27. The summed E-state index contributed by atoms with van der Waals surface area (Å²) in [6.45, 7) is 2.09. The summed E-state index contributed by atoms with van der Waals surface area (Å²) in [4.78, 5) is 9.44. The molecule has 18 heavy (non-hydrogen) atoms. The molecule has 1 unspecified atom stereocenters. The van der Waals surface area contributed by atoms with E-state index in [1.165, 1.54) is 4.88 Å². The van der Waals surface area contributed by atoms with Gasteiger partial charge in [0.05, 0.1) is 6.04 Å². The maximum absolute atomic E-state index is 5.62. The molecule has 5 nitrogen and oxygen atoms in total. The average Bonchev–Trinajstić information content (AvgIpc) is 2.79. The molecule has 0 aromatic carbocycles. The molecule has 100 valence electrons. The number of rotatable bonds is 6. The second-order valence-electron chi connectivity index (χ2n) is 4.06. The number of nitrogens with zero attached hydrogens (tertiary/aromatic N) is 2. The van der Waals surface area contributed by atoms with Gasteiger partial charge >= 0.3 is 0 Å². The Morgan fingerprint density at radius 3 is 2.72 bits per heavy atom. The number of nitrogens with two attached hydrogens (primary N) is 3. The molecule has 6 N–H and O–H groups in total. The third-order valence-electron chi connectivity index (χ3n) is 2.57. The Morgan fingerprint density at radius 2 is 2.17 bits per heavy atom. The highest BCUT2D eigenvalue weighted by molar-refractivity contribution is 7.09. The van der Waals surface area contributed by atoms with E-state index in [9.17, 15) is 0 Å². The largest absolute Gasteiger partial charge is 0.370 e. The fourth-order valence-electron chi connectivity index (χ4n) is 1.67. The van der Waals surface area contributed by atoms with Gasteiger partial charge < -0.3 is 17.2 Å². The molecule has 0 aliphatic rings. The van der Waals surface area contributed by atoms with Crippen LogP contribution in [-0.2, 0) is 6.42 Å². The van der Waals surface area contributed by atoms with Crippen molar-refractivity contribution < 1.29 is 0 Å². The van der Waals surface area contributed by atoms with Gasteiger partial charge in [0.2, 0.25) is 5.96 Å². The molecular weight excluding hydrogens is 246 g/mol. The van der Waals surface area contributed by atoms with Crippen LogP contribution >= 0.6 is 11.3 Å². The number of hydrogen-bond donors (Lipinski definition) is 3. The molecule has 0 spiro atoms. The van der Waals surface area contributed by atoms with Gasteiger partial charge in [-0.2, -0.15) is 4.99 Å². The minimum absolute atomic E-state index is 0.0512. The summed E-state index contributed by atoms with van der Waals surface area (Å²) in [7, 11) is 0. The van der Waals surface area contributed by atoms with Crippen LogP contribution in [0.3, 0.4) is 0 Å². The molecule has 0 radical (unpaired) electrons. The van der Waals surface area contributed by atoms with E-state index in [1.54, 1.807) is 11.3 Å². The van der Waals surface area contributed by atoms with Gasteiger partial charge in [-0.05, 0) is 37.1 Å². The quantitative estimate of drug-likeness (QED) is 0.536. The average molecular weight is 267 g/mol. The first-order valence-electron chi connectivity index (χ1n) is 6.07. The molecule has 1 rings (SSSR count). The fourth-order valence-corrected chi connectivity index (χ4v) is 2.43. The topological polar surface area (TPSA) is 103 Å². The van der Waals surface area contributed by atoms with Crippen molar-refractivity contribution in [1.29, 1.82) is 0 Å². The highest BCUT2D eigenvalue weighted by atomic mass is 32.1. The van der Waals surface area contributed by atoms with Gasteiger partial charge in [0, 0.05) is 4.88 Å². The summed E-state index contributed by atoms with van der Waals surface area (Å²) in [5, 5.41) is 2.10. The first-order chi connectivity index (χ1) is 8.61. The molecule has 1 atom stereocenters. The number of hydrogen-bond acceptors (Lipinski definition) is 2. The maximum atomic E-state index is 5.62. The van der Waals surface area contributed by atoms with E-state index >= 15 is 0 Å². The normalized spacial score (nSPS) is 13.3. The summed E-state index contributed by atoms with van der Waals surface area (Å²) in [6.07, 6.45) is 4.11. The molecule has 1 aromatic heterocycles. The molecule has 0 saturated carbocycles. The zero-order valence-electron chi connectivity index (χ0n) is 10.7. The van der Waals surface area contributed by atoms with Crippen molar-refractivity contribution in [3.63, 3.8) is 0 Å². The third-order valence-corrected chi connectivity index (χ3v) is 3.51. The van der Waals surface area contributed by atoms with Crippen LogP contribution in [-0.4, -0.2) is 18.0 Å². The predicted octanol–water partition coefficient (Wildman–Crippen LogP) is 1.44. The zero-order chi connectivity index (χ0) is 13.4. The Morgan fingerprint density at radius 1 is 1.39 bits per heavy atom. The molecule has 0 saturated heterocycles. The van der Waals surface area contributed by atoms with Gasteiger partial charge in [0.1, 0.15) is 0 Å². The van der Waals surface area contributed by atoms with E-state index < -0.39 is 0 Å². The highest BCUT2D eigenvalue weighted by Crippen LogP contribution is 2.14. The second-order valence-corrected chi connectivity index (χ2v) is 5.09. The standard InChI is InChI=1S/C12H21N5S/c1-2-9(16-12(15)17-11(13)14)5-3-6-10-7-4-8-18-10/h4,7-9H,2-3,5-6H2,1H3,(H6,13,14,15,16,17). The lowest BCUT2D eigenvalue weighted by Gasteiger charge is -2.09. The number of aliphatic imine (C=N–C) groups is 2. The van der Waals surface area contributed by atoms with Crippen molar-refractivity contribution in [2.45, 2.75) is 38.6 Å². The molecule has 0 amide bonds. The molecular formula is C12H21N5S. The minimum atomic E-state index is -0.0512. The lowest BCUT2D eigenvalue weighted by molar-refractivity contribution is 0.571. The van der Waals surface area contributed by atoms with Crippen LogP contribution in [0.15, 0.2) is 27.5 Å². The lowest BCUT2D eigenvalue weighted by atomic mass is 10.1. The van der Waals surface area contributed by atoms with Gasteiger partial charge in [-0.25, -0.2) is 4.99 Å². The molecule has 0 aliphatic carbocycles. The van der Waals surface area contributed by atoms with Crippen molar-refractivity contribution in [3.8, 4) is 0 Å². The van der Waals surface area contributed by atoms with Gasteiger partial charge in [0.25, 0.3) is 0 Å². The van der Waals surface area contributed by atoms with Gasteiger partial charge in [-0.3, -0.25) is 0 Å². The van der Waals surface area contributed by atoms with Gasteiger partial charge in [-0.15, -0.1) is 11.3 Å². The smallest absolute Gasteiger partial charge is 0.218 e. The molecule has 0 fully saturated rings. The van der Waals surface area contributed by atoms with Crippen LogP contribution in [0.5, 0.6) is 0 Å². The number of guanidine groups is 2. The Hall–Kier alpha value is -1.56. The third kappa shape index (κ3) is 5.67. The van der Waals surface area contributed by atoms with Crippen LogP contribution in [0.1, 0.15) is 31.1 Å². The molecule has 1 aromatic rings. The second kappa shape index (κ2) is 7.71. The Kier molecular flexibility index (Phi) is 6.21. The number of aryl methyl sites for hydroxylation is 1. The zero-order valence-corrected chi connectivity index (χ0v) is 11.5. The molecule has 0 aliphatic heterocycles. The van der Waals surface area contributed by atoms with E-state index in [2.05, 4.69) is 34.4 Å². The van der Waals surface area contributed by atoms with Crippen molar-refractivity contribution >= 4 is 23.3 Å². The van der Waals surface area contributed by atoms with Gasteiger partial charge in [0.15, 0.2) is 5.96 Å². The molecule has 0 bridgehead atoms. The first-order valence-corrected chi connectivity index (χ1v) is 6.95. The van der Waals surface area contributed by atoms with Crippen molar-refractivity contribution in [1.82, 2.24) is 0 Å². The predicted molar refractivity (Wildman–Crippen MR) is 78.8 cm³/mol. The summed E-state index contributed by atoms with van der Waals surface area (Å²) in [5.74, 6) is 0.114. The molecule has 1 heterocycles. The van der Waals surface area contributed by atoms with E-state index in [-0.39, 0.29) is 18.0 Å². The van der Waals surface area contributed by atoms with E-state index in [4.69, 9.17) is 17.2 Å². The van der Waals surface area contributed by atoms with Crippen LogP contribution in [0.25, 0.3) is 0 Å². The Balaban J connectivity index is 2.40. The van der Waals surface area contributed by atoms with Crippen LogP contribution in [0, 0.1) is 0 Å². The monoisotopic (exact) mass is 267 g/mol. The summed E-state index contributed by atoms with van der Waals surface area (Å²) in [6, 6.07) is 4.42.